The van der Waals surface area contributed by atoms with Crippen molar-refractivity contribution < 1.29 is 14.0 Å². The molecule has 1 fully saturated rings. The summed E-state index contributed by atoms with van der Waals surface area (Å²) < 4.78 is 12.9. The molecule has 6 heteroatoms. The van der Waals surface area contributed by atoms with E-state index in [1.807, 2.05) is 26.0 Å². The Bertz CT molecular complexity index is 785. The molecule has 0 aromatic heterocycles. The van der Waals surface area contributed by atoms with E-state index in [1.165, 1.54) is 24.3 Å². The number of amides is 3. The highest BCUT2D eigenvalue weighted by atomic mass is 19.1. The highest BCUT2D eigenvalue weighted by molar-refractivity contribution is 6.02. The van der Waals surface area contributed by atoms with Crippen LogP contribution in [0.4, 0.5) is 20.6 Å². The highest BCUT2D eigenvalue weighted by Gasteiger charge is 2.33. The predicted molar refractivity (Wildman–Crippen MR) is 95.2 cm³/mol. The molecule has 1 atom stereocenters. The first-order valence-electron chi connectivity index (χ1n) is 8.15. The SMILES string of the molecule is Cc1cc(C)cc(N2CC[C@H](NC(=O)Nc3ccc(F)cc3)C2=O)c1. The lowest BCUT2D eigenvalue weighted by Gasteiger charge is -2.18. The van der Waals surface area contributed by atoms with Gasteiger partial charge in [-0.2, -0.15) is 0 Å². The van der Waals surface area contributed by atoms with Crippen molar-refractivity contribution in [1.29, 1.82) is 0 Å². The fourth-order valence-electron chi connectivity index (χ4n) is 3.04. The third kappa shape index (κ3) is 3.96. The van der Waals surface area contributed by atoms with Gasteiger partial charge in [0.25, 0.3) is 0 Å². The van der Waals surface area contributed by atoms with Crippen molar-refractivity contribution in [3.05, 3.63) is 59.4 Å². The van der Waals surface area contributed by atoms with Crippen molar-refractivity contribution in [2.45, 2.75) is 26.3 Å². The van der Waals surface area contributed by atoms with Crippen LogP contribution in [-0.2, 0) is 4.79 Å². The second kappa shape index (κ2) is 6.93. The van der Waals surface area contributed by atoms with Gasteiger partial charge in [0.1, 0.15) is 11.9 Å². The zero-order chi connectivity index (χ0) is 18.0. The maximum Gasteiger partial charge on any atom is 0.319 e. The summed E-state index contributed by atoms with van der Waals surface area (Å²) in [6, 6.07) is 10.4. The maximum absolute atomic E-state index is 12.9. The molecule has 0 aliphatic carbocycles. The van der Waals surface area contributed by atoms with Crippen LogP contribution in [0.1, 0.15) is 17.5 Å². The van der Waals surface area contributed by atoms with Crippen molar-refractivity contribution in [3.8, 4) is 0 Å². The zero-order valence-corrected chi connectivity index (χ0v) is 14.2. The quantitative estimate of drug-likeness (QED) is 0.899. The fraction of sp³-hybridized carbons (Fsp3) is 0.263. The van der Waals surface area contributed by atoms with Gasteiger partial charge in [0.2, 0.25) is 5.91 Å². The molecular weight excluding hydrogens is 321 g/mol. The lowest BCUT2D eigenvalue weighted by Crippen LogP contribution is -2.43. The van der Waals surface area contributed by atoms with E-state index in [-0.39, 0.29) is 11.7 Å². The summed E-state index contributed by atoms with van der Waals surface area (Å²) in [5, 5.41) is 5.29. The Morgan fingerprint density at radius 2 is 1.76 bits per heavy atom. The van der Waals surface area contributed by atoms with Crippen molar-refractivity contribution in [1.82, 2.24) is 5.32 Å². The molecular formula is C19H20FN3O2. The molecule has 1 aliphatic rings. The Hall–Kier alpha value is -2.89. The molecule has 2 N–H and O–H groups in total. The van der Waals surface area contributed by atoms with Crippen LogP contribution in [0.15, 0.2) is 42.5 Å². The van der Waals surface area contributed by atoms with E-state index in [4.69, 9.17) is 0 Å². The summed E-state index contributed by atoms with van der Waals surface area (Å²) in [6.45, 7) is 4.54. The number of anilines is 2. The largest absolute Gasteiger partial charge is 0.326 e. The predicted octanol–water partition coefficient (Wildman–Crippen LogP) is 3.37. The number of rotatable bonds is 3. The average Bonchev–Trinajstić information content (AvgIpc) is 2.89. The lowest BCUT2D eigenvalue weighted by atomic mass is 10.1. The van der Waals surface area contributed by atoms with Crippen LogP contribution < -0.4 is 15.5 Å². The van der Waals surface area contributed by atoms with Gasteiger partial charge in [0, 0.05) is 17.9 Å². The highest BCUT2D eigenvalue weighted by Crippen LogP contribution is 2.24. The minimum Gasteiger partial charge on any atom is -0.326 e. The molecule has 2 aromatic rings. The normalized spacial score (nSPS) is 16.8. The van der Waals surface area contributed by atoms with E-state index in [0.717, 1.165) is 16.8 Å². The number of benzene rings is 2. The van der Waals surface area contributed by atoms with E-state index >= 15 is 0 Å². The van der Waals surface area contributed by atoms with E-state index in [0.29, 0.717) is 18.7 Å². The van der Waals surface area contributed by atoms with Crippen LogP contribution in [0.3, 0.4) is 0 Å². The van der Waals surface area contributed by atoms with E-state index in [1.54, 1.807) is 4.90 Å². The average molecular weight is 341 g/mol. The molecule has 0 saturated carbocycles. The molecule has 130 valence electrons. The van der Waals surface area contributed by atoms with Gasteiger partial charge in [-0.05, 0) is 67.8 Å². The van der Waals surface area contributed by atoms with Gasteiger partial charge in [-0.15, -0.1) is 0 Å². The Morgan fingerprint density at radius 1 is 1.12 bits per heavy atom. The number of carbonyl (C=O) groups is 2. The van der Waals surface area contributed by atoms with Crippen LogP contribution in [0.2, 0.25) is 0 Å². The number of hydrogen-bond acceptors (Lipinski definition) is 2. The first kappa shape index (κ1) is 17.0. The summed E-state index contributed by atoms with van der Waals surface area (Å²) in [5.41, 5.74) is 3.50. The van der Waals surface area contributed by atoms with Crippen LogP contribution in [0.5, 0.6) is 0 Å². The molecule has 0 bridgehead atoms. The van der Waals surface area contributed by atoms with Crippen LogP contribution in [0.25, 0.3) is 0 Å². The molecule has 0 spiro atoms. The molecule has 1 heterocycles. The first-order chi connectivity index (χ1) is 11.9. The number of hydrogen-bond donors (Lipinski definition) is 2. The Balaban J connectivity index is 1.63. The van der Waals surface area contributed by atoms with Crippen molar-refractivity contribution in [2.24, 2.45) is 0 Å². The molecule has 2 aromatic carbocycles. The molecule has 1 aliphatic heterocycles. The zero-order valence-electron chi connectivity index (χ0n) is 14.2. The summed E-state index contributed by atoms with van der Waals surface area (Å²) in [4.78, 5) is 26.4. The van der Waals surface area contributed by atoms with Crippen molar-refractivity contribution >= 4 is 23.3 Å². The Labute approximate surface area is 145 Å². The summed E-state index contributed by atoms with van der Waals surface area (Å²) >= 11 is 0. The van der Waals surface area contributed by atoms with Gasteiger partial charge in [-0.3, -0.25) is 4.79 Å². The van der Waals surface area contributed by atoms with E-state index in [2.05, 4.69) is 16.7 Å². The summed E-state index contributed by atoms with van der Waals surface area (Å²) in [5.74, 6) is -0.500. The minimum atomic E-state index is -0.568. The third-order valence-electron chi connectivity index (χ3n) is 4.13. The van der Waals surface area contributed by atoms with Gasteiger partial charge in [0.05, 0.1) is 0 Å². The van der Waals surface area contributed by atoms with Gasteiger partial charge < -0.3 is 15.5 Å². The van der Waals surface area contributed by atoms with Gasteiger partial charge in [0.15, 0.2) is 0 Å². The Kier molecular flexibility index (Phi) is 4.70. The first-order valence-corrected chi connectivity index (χ1v) is 8.15. The standard InChI is InChI=1S/C19H20FN3O2/c1-12-9-13(2)11-16(10-12)23-8-7-17(18(23)24)22-19(25)21-15-5-3-14(20)4-6-15/h3-6,9-11,17H,7-8H2,1-2H3,(H2,21,22,25)/t17-/m0/s1. The van der Waals surface area contributed by atoms with Crippen molar-refractivity contribution in [2.75, 3.05) is 16.8 Å². The summed E-state index contributed by atoms with van der Waals surface area (Å²) in [6.07, 6.45) is 0.544. The van der Waals surface area contributed by atoms with Gasteiger partial charge in [-0.25, -0.2) is 9.18 Å². The monoisotopic (exact) mass is 341 g/mol. The number of nitrogens with one attached hydrogen (secondary N) is 2. The summed E-state index contributed by atoms with van der Waals surface area (Å²) in [7, 11) is 0. The second-order valence-electron chi connectivity index (χ2n) is 6.28. The van der Waals surface area contributed by atoms with E-state index < -0.39 is 12.1 Å². The molecule has 5 nitrogen and oxygen atoms in total. The molecule has 25 heavy (non-hydrogen) atoms. The molecule has 1 saturated heterocycles. The molecule has 0 radical (unpaired) electrons. The molecule has 0 unspecified atom stereocenters. The van der Waals surface area contributed by atoms with E-state index in [9.17, 15) is 14.0 Å². The van der Waals surface area contributed by atoms with Crippen LogP contribution in [0, 0.1) is 19.7 Å². The third-order valence-corrected chi connectivity index (χ3v) is 4.13. The van der Waals surface area contributed by atoms with Gasteiger partial charge >= 0.3 is 6.03 Å². The number of halogens is 1. The number of urea groups is 1. The minimum absolute atomic E-state index is 0.126. The van der Waals surface area contributed by atoms with Crippen LogP contribution in [-0.4, -0.2) is 24.5 Å². The smallest absolute Gasteiger partial charge is 0.319 e. The Morgan fingerprint density at radius 3 is 2.40 bits per heavy atom. The lowest BCUT2D eigenvalue weighted by molar-refractivity contribution is -0.118. The fourth-order valence-corrected chi connectivity index (χ4v) is 3.04. The van der Waals surface area contributed by atoms with Crippen LogP contribution >= 0.6 is 0 Å². The molecule has 3 amide bonds. The van der Waals surface area contributed by atoms with Gasteiger partial charge in [-0.1, -0.05) is 6.07 Å². The number of nitrogens with zero attached hydrogens (tertiary/aromatic N) is 1. The maximum atomic E-state index is 12.9. The number of carbonyl (C=O) groups excluding carboxylic acids is 2. The molecule has 3 rings (SSSR count). The second-order valence-corrected chi connectivity index (χ2v) is 6.28. The topological polar surface area (TPSA) is 61.4 Å². The van der Waals surface area contributed by atoms with Crippen molar-refractivity contribution in [3.63, 3.8) is 0 Å². The number of aryl methyl sites for hydroxylation is 2.